The van der Waals surface area contributed by atoms with Crippen LogP contribution in [0.5, 0.6) is 0 Å². The molecule has 0 bridgehead atoms. The van der Waals surface area contributed by atoms with Gasteiger partial charge in [-0.25, -0.2) is 0 Å². The minimum absolute atomic E-state index is 0.140. The summed E-state index contributed by atoms with van der Waals surface area (Å²) in [6, 6.07) is 12.7. The molecule has 0 spiro atoms. The first kappa shape index (κ1) is 14.4. The first-order valence-corrected chi connectivity index (χ1v) is 6.85. The van der Waals surface area contributed by atoms with Gasteiger partial charge < -0.3 is 10.6 Å². The van der Waals surface area contributed by atoms with E-state index in [4.69, 9.17) is 17.3 Å². The summed E-state index contributed by atoms with van der Waals surface area (Å²) in [4.78, 5) is 14.4. The summed E-state index contributed by atoms with van der Waals surface area (Å²) in [6.45, 7) is 4.48. The molecule has 0 unspecified atom stereocenters. The quantitative estimate of drug-likeness (QED) is 0.871. The van der Waals surface area contributed by atoms with Gasteiger partial charge in [0.15, 0.2) is 0 Å². The molecule has 2 rings (SSSR count). The second-order valence-electron chi connectivity index (χ2n) is 4.58. The maximum atomic E-state index is 12.7. The highest BCUT2D eigenvalue weighted by molar-refractivity contribution is 6.34. The molecule has 0 radical (unpaired) electrons. The fraction of sp³-hybridized carbons (Fsp3) is 0.188. The number of carbonyl (C=O) groups is 1. The standard InChI is InChI=1S/C16H17ClN2O/c1-3-19(15-7-5-4-6-11(15)2)16(20)13-10-12(18)8-9-14(13)17/h4-10H,3,18H2,1-2H3. The summed E-state index contributed by atoms with van der Waals surface area (Å²) in [7, 11) is 0. The number of hydrogen-bond acceptors (Lipinski definition) is 2. The number of aryl methyl sites for hydroxylation is 1. The van der Waals surface area contributed by atoms with E-state index in [9.17, 15) is 4.79 Å². The van der Waals surface area contributed by atoms with Gasteiger partial charge >= 0.3 is 0 Å². The van der Waals surface area contributed by atoms with E-state index in [2.05, 4.69) is 0 Å². The van der Waals surface area contributed by atoms with Crippen molar-refractivity contribution in [1.29, 1.82) is 0 Å². The number of para-hydroxylation sites is 1. The van der Waals surface area contributed by atoms with Crippen LogP contribution >= 0.6 is 11.6 Å². The molecule has 20 heavy (non-hydrogen) atoms. The second-order valence-corrected chi connectivity index (χ2v) is 4.98. The molecule has 0 saturated heterocycles. The van der Waals surface area contributed by atoms with Gasteiger partial charge in [0.25, 0.3) is 5.91 Å². The van der Waals surface area contributed by atoms with E-state index in [1.165, 1.54) is 0 Å². The number of hydrogen-bond donors (Lipinski definition) is 1. The molecule has 1 amide bonds. The monoisotopic (exact) mass is 288 g/mol. The topological polar surface area (TPSA) is 46.3 Å². The van der Waals surface area contributed by atoms with E-state index in [0.717, 1.165) is 11.3 Å². The zero-order valence-corrected chi connectivity index (χ0v) is 12.3. The van der Waals surface area contributed by atoms with Gasteiger partial charge in [0.05, 0.1) is 10.6 Å². The smallest absolute Gasteiger partial charge is 0.259 e. The summed E-state index contributed by atoms with van der Waals surface area (Å²) in [6.07, 6.45) is 0. The Labute approximate surface area is 124 Å². The maximum absolute atomic E-state index is 12.7. The van der Waals surface area contributed by atoms with Gasteiger partial charge in [-0.15, -0.1) is 0 Å². The van der Waals surface area contributed by atoms with Crippen molar-refractivity contribution in [2.45, 2.75) is 13.8 Å². The number of nitrogen functional groups attached to an aromatic ring is 1. The molecule has 0 saturated carbocycles. The van der Waals surface area contributed by atoms with Crippen LogP contribution in [0.1, 0.15) is 22.8 Å². The largest absolute Gasteiger partial charge is 0.399 e. The molecule has 2 aromatic carbocycles. The molecule has 0 heterocycles. The molecule has 3 nitrogen and oxygen atoms in total. The summed E-state index contributed by atoms with van der Waals surface area (Å²) in [5, 5.41) is 0.413. The molecule has 2 N–H and O–H groups in total. The fourth-order valence-corrected chi connectivity index (χ4v) is 2.34. The van der Waals surface area contributed by atoms with Gasteiger partial charge in [0.2, 0.25) is 0 Å². The Morgan fingerprint density at radius 3 is 2.60 bits per heavy atom. The van der Waals surface area contributed by atoms with Crippen molar-refractivity contribution in [2.75, 3.05) is 17.2 Å². The molecule has 104 valence electrons. The molecular formula is C16H17ClN2O. The molecule has 0 aliphatic rings. The lowest BCUT2D eigenvalue weighted by Crippen LogP contribution is -2.31. The maximum Gasteiger partial charge on any atom is 0.259 e. The SMILES string of the molecule is CCN(C(=O)c1cc(N)ccc1Cl)c1ccccc1C. The Morgan fingerprint density at radius 2 is 1.95 bits per heavy atom. The van der Waals surface area contributed by atoms with Crippen LogP contribution in [0.2, 0.25) is 5.02 Å². The van der Waals surface area contributed by atoms with Crippen LogP contribution in [-0.2, 0) is 0 Å². The molecule has 4 heteroatoms. The van der Waals surface area contributed by atoms with Crippen LogP contribution in [0.15, 0.2) is 42.5 Å². The van der Waals surface area contributed by atoms with Gasteiger partial charge in [-0.3, -0.25) is 4.79 Å². The van der Waals surface area contributed by atoms with Crippen molar-refractivity contribution in [3.05, 3.63) is 58.6 Å². The predicted octanol–water partition coefficient (Wildman–Crippen LogP) is 3.90. The number of carbonyl (C=O) groups excluding carboxylic acids is 1. The second kappa shape index (κ2) is 5.97. The van der Waals surface area contributed by atoms with Crippen molar-refractivity contribution in [1.82, 2.24) is 0 Å². The lowest BCUT2D eigenvalue weighted by atomic mass is 10.1. The normalized spacial score (nSPS) is 10.3. The van der Waals surface area contributed by atoms with E-state index in [1.54, 1.807) is 23.1 Å². The van der Waals surface area contributed by atoms with Gasteiger partial charge in [-0.1, -0.05) is 29.8 Å². The minimum Gasteiger partial charge on any atom is -0.399 e. The Bertz CT molecular complexity index is 640. The number of nitrogens with zero attached hydrogens (tertiary/aromatic N) is 1. The highest BCUT2D eigenvalue weighted by Gasteiger charge is 2.20. The Morgan fingerprint density at radius 1 is 1.25 bits per heavy atom. The highest BCUT2D eigenvalue weighted by Crippen LogP contribution is 2.25. The number of rotatable bonds is 3. The van der Waals surface area contributed by atoms with Crippen molar-refractivity contribution >= 4 is 28.9 Å². The van der Waals surface area contributed by atoms with Crippen LogP contribution in [0, 0.1) is 6.92 Å². The average Bonchev–Trinajstić information content (AvgIpc) is 2.44. The molecule has 0 aliphatic heterocycles. The molecule has 0 atom stereocenters. The summed E-state index contributed by atoms with van der Waals surface area (Å²) in [5.41, 5.74) is 8.63. The molecule has 2 aromatic rings. The van der Waals surface area contributed by atoms with Crippen molar-refractivity contribution in [2.24, 2.45) is 0 Å². The summed E-state index contributed by atoms with van der Waals surface area (Å²) < 4.78 is 0. The third-order valence-electron chi connectivity index (χ3n) is 3.19. The highest BCUT2D eigenvalue weighted by atomic mass is 35.5. The zero-order valence-electron chi connectivity index (χ0n) is 11.6. The third-order valence-corrected chi connectivity index (χ3v) is 3.52. The van der Waals surface area contributed by atoms with E-state index in [1.807, 2.05) is 38.1 Å². The zero-order chi connectivity index (χ0) is 14.7. The van der Waals surface area contributed by atoms with Gasteiger partial charge in [0.1, 0.15) is 0 Å². The van der Waals surface area contributed by atoms with Gasteiger partial charge in [0, 0.05) is 17.9 Å². The fourth-order valence-electron chi connectivity index (χ4n) is 2.14. The van der Waals surface area contributed by atoms with Crippen LogP contribution in [0.3, 0.4) is 0 Å². The molecule has 0 fully saturated rings. The van der Waals surface area contributed by atoms with Crippen LogP contribution in [0.4, 0.5) is 11.4 Å². The van der Waals surface area contributed by atoms with Crippen LogP contribution < -0.4 is 10.6 Å². The van der Waals surface area contributed by atoms with Crippen molar-refractivity contribution in [3.8, 4) is 0 Å². The molecule has 0 aromatic heterocycles. The van der Waals surface area contributed by atoms with Crippen LogP contribution in [0.25, 0.3) is 0 Å². The Kier molecular flexibility index (Phi) is 4.30. The lowest BCUT2D eigenvalue weighted by molar-refractivity contribution is 0.0988. The molecular weight excluding hydrogens is 272 g/mol. The first-order valence-electron chi connectivity index (χ1n) is 6.47. The van der Waals surface area contributed by atoms with E-state index in [-0.39, 0.29) is 5.91 Å². The van der Waals surface area contributed by atoms with Gasteiger partial charge in [-0.2, -0.15) is 0 Å². The number of nitrogens with two attached hydrogens (primary N) is 1. The first-order chi connectivity index (χ1) is 9.54. The summed E-state index contributed by atoms with van der Waals surface area (Å²) in [5.74, 6) is -0.140. The summed E-state index contributed by atoms with van der Waals surface area (Å²) >= 11 is 6.12. The van der Waals surface area contributed by atoms with E-state index in [0.29, 0.717) is 22.8 Å². The van der Waals surface area contributed by atoms with E-state index >= 15 is 0 Å². The van der Waals surface area contributed by atoms with Crippen molar-refractivity contribution in [3.63, 3.8) is 0 Å². The average molecular weight is 289 g/mol. The minimum atomic E-state index is -0.140. The van der Waals surface area contributed by atoms with Crippen molar-refractivity contribution < 1.29 is 4.79 Å². The number of halogens is 1. The third kappa shape index (κ3) is 2.78. The Hall–Kier alpha value is -2.00. The van der Waals surface area contributed by atoms with Gasteiger partial charge in [-0.05, 0) is 43.7 Å². The Balaban J connectivity index is 2.45. The lowest BCUT2D eigenvalue weighted by Gasteiger charge is -2.23. The predicted molar refractivity (Wildman–Crippen MR) is 84.4 cm³/mol. The number of amides is 1. The van der Waals surface area contributed by atoms with Crippen LogP contribution in [-0.4, -0.2) is 12.5 Å². The number of benzene rings is 2. The number of anilines is 2. The molecule has 0 aliphatic carbocycles. The van der Waals surface area contributed by atoms with E-state index < -0.39 is 0 Å².